The lowest BCUT2D eigenvalue weighted by molar-refractivity contribution is -0.121. The van der Waals surface area contributed by atoms with Crippen molar-refractivity contribution < 1.29 is 9.53 Å². The molecule has 0 aromatic rings. The van der Waals surface area contributed by atoms with E-state index in [1.54, 1.807) is 0 Å². The minimum atomic E-state index is -0.0790. The van der Waals surface area contributed by atoms with Gasteiger partial charge in [-0.1, -0.05) is 19.3 Å². The van der Waals surface area contributed by atoms with E-state index in [0.29, 0.717) is 6.42 Å². The molecule has 1 aliphatic rings. The second-order valence-corrected chi connectivity index (χ2v) is 4.22. The summed E-state index contributed by atoms with van der Waals surface area (Å²) >= 11 is 0. The van der Waals surface area contributed by atoms with Gasteiger partial charge in [0.15, 0.2) is 0 Å². The molecule has 0 spiro atoms. The molecule has 0 bridgehead atoms. The van der Waals surface area contributed by atoms with E-state index in [1.807, 2.05) is 0 Å². The summed E-state index contributed by atoms with van der Waals surface area (Å²) in [6.07, 6.45) is 7.54. The summed E-state index contributed by atoms with van der Waals surface area (Å²) in [4.78, 5) is 10.8. The van der Waals surface area contributed by atoms with E-state index < -0.39 is 0 Å². The Bertz CT molecular complexity index is 181. The van der Waals surface area contributed by atoms with Crippen LogP contribution >= 0.6 is 0 Å². The topological polar surface area (TPSA) is 64.3 Å². The van der Waals surface area contributed by atoms with Gasteiger partial charge in [0.05, 0.1) is 0 Å². The summed E-state index contributed by atoms with van der Waals surface area (Å²) in [5, 5.41) is 0. The van der Waals surface area contributed by atoms with Gasteiger partial charge in [-0.15, -0.1) is 0 Å². The highest BCUT2D eigenvalue weighted by molar-refractivity contribution is 5.74. The SMILES string of the molecule is NNC(=O)CCCCCOCCC1CC1. The van der Waals surface area contributed by atoms with E-state index in [1.165, 1.54) is 19.3 Å². The van der Waals surface area contributed by atoms with Crippen molar-refractivity contribution in [2.75, 3.05) is 13.2 Å². The number of rotatable bonds is 9. The Labute approximate surface area is 91.5 Å². The van der Waals surface area contributed by atoms with Crippen LogP contribution < -0.4 is 11.3 Å². The van der Waals surface area contributed by atoms with E-state index in [2.05, 4.69) is 5.43 Å². The lowest BCUT2D eigenvalue weighted by Crippen LogP contribution is -2.29. The number of unbranched alkanes of at least 4 members (excludes halogenated alkanes) is 2. The molecular formula is C11H22N2O2. The monoisotopic (exact) mass is 214 g/mol. The van der Waals surface area contributed by atoms with Crippen LogP contribution in [0.2, 0.25) is 0 Å². The number of nitrogens with two attached hydrogens (primary N) is 1. The van der Waals surface area contributed by atoms with Gasteiger partial charge in [-0.3, -0.25) is 10.2 Å². The number of hydrazine groups is 1. The van der Waals surface area contributed by atoms with Gasteiger partial charge in [-0.2, -0.15) is 0 Å². The van der Waals surface area contributed by atoms with Gasteiger partial charge < -0.3 is 4.74 Å². The lowest BCUT2D eigenvalue weighted by atomic mass is 10.2. The lowest BCUT2D eigenvalue weighted by Gasteiger charge is -2.03. The van der Waals surface area contributed by atoms with Crippen LogP contribution in [0.3, 0.4) is 0 Å². The van der Waals surface area contributed by atoms with Gasteiger partial charge in [0.2, 0.25) is 5.91 Å². The van der Waals surface area contributed by atoms with Crippen molar-refractivity contribution in [3.05, 3.63) is 0 Å². The Kier molecular flexibility index (Phi) is 6.36. The van der Waals surface area contributed by atoms with Crippen molar-refractivity contribution in [3.8, 4) is 0 Å². The summed E-state index contributed by atoms with van der Waals surface area (Å²) in [7, 11) is 0. The summed E-state index contributed by atoms with van der Waals surface area (Å²) in [5.74, 6) is 5.84. The van der Waals surface area contributed by atoms with Crippen LogP contribution in [0.15, 0.2) is 0 Å². The quantitative estimate of drug-likeness (QED) is 0.263. The third kappa shape index (κ3) is 7.33. The Hall–Kier alpha value is -0.610. The molecule has 1 amide bonds. The summed E-state index contributed by atoms with van der Waals surface area (Å²) in [6, 6.07) is 0. The molecule has 4 heteroatoms. The average molecular weight is 214 g/mol. The molecule has 1 rings (SSSR count). The molecule has 1 fully saturated rings. The number of ether oxygens (including phenoxy) is 1. The first kappa shape index (κ1) is 12.5. The number of carbonyl (C=O) groups is 1. The highest BCUT2D eigenvalue weighted by Crippen LogP contribution is 2.32. The van der Waals surface area contributed by atoms with Crippen molar-refractivity contribution >= 4 is 5.91 Å². The van der Waals surface area contributed by atoms with Crippen LogP contribution in [0.5, 0.6) is 0 Å². The third-order valence-electron chi connectivity index (χ3n) is 2.72. The molecule has 0 aromatic heterocycles. The predicted octanol–water partition coefficient (Wildman–Crippen LogP) is 1.35. The largest absolute Gasteiger partial charge is 0.381 e. The second-order valence-electron chi connectivity index (χ2n) is 4.22. The van der Waals surface area contributed by atoms with Crippen LogP contribution in [0.25, 0.3) is 0 Å². The molecule has 0 atom stereocenters. The Morgan fingerprint density at radius 3 is 2.73 bits per heavy atom. The number of hydrogen-bond donors (Lipinski definition) is 2. The molecule has 0 heterocycles. The van der Waals surface area contributed by atoms with Crippen molar-refractivity contribution in [1.82, 2.24) is 5.43 Å². The Balaban J connectivity index is 1.70. The molecule has 0 aliphatic heterocycles. The van der Waals surface area contributed by atoms with Gasteiger partial charge >= 0.3 is 0 Å². The molecule has 0 radical (unpaired) electrons. The minimum Gasteiger partial charge on any atom is -0.381 e. The van der Waals surface area contributed by atoms with Crippen LogP contribution in [-0.4, -0.2) is 19.1 Å². The fourth-order valence-electron chi connectivity index (χ4n) is 1.50. The van der Waals surface area contributed by atoms with Crippen LogP contribution in [0, 0.1) is 5.92 Å². The number of amides is 1. The fourth-order valence-corrected chi connectivity index (χ4v) is 1.50. The first-order valence-electron chi connectivity index (χ1n) is 5.90. The molecule has 0 saturated heterocycles. The first-order chi connectivity index (χ1) is 7.33. The maximum Gasteiger partial charge on any atom is 0.233 e. The van der Waals surface area contributed by atoms with Gasteiger partial charge in [0.1, 0.15) is 0 Å². The fraction of sp³-hybridized carbons (Fsp3) is 0.909. The molecule has 1 aliphatic carbocycles. The molecule has 15 heavy (non-hydrogen) atoms. The third-order valence-corrected chi connectivity index (χ3v) is 2.72. The average Bonchev–Trinajstić information content (AvgIpc) is 3.05. The zero-order chi connectivity index (χ0) is 10.9. The van der Waals surface area contributed by atoms with Crippen LogP contribution in [0.1, 0.15) is 44.9 Å². The van der Waals surface area contributed by atoms with E-state index >= 15 is 0 Å². The number of hydrogen-bond acceptors (Lipinski definition) is 3. The normalized spacial score (nSPS) is 15.3. The predicted molar refractivity (Wildman–Crippen MR) is 59.0 cm³/mol. The minimum absolute atomic E-state index is 0.0790. The maximum atomic E-state index is 10.8. The molecule has 3 N–H and O–H groups in total. The summed E-state index contributed by atoms with van der Waals surface area (Å²) < 4.78 is 5.49. The molecular weight excluding hydrogens is 192 g/mol. The Morgan fingerprint density at radius 2 is 2.07 bits per heavy atom. The molecule has 88 valence electrons. The van der Waals surface area contributed by atoms with E-state index in [9.17, 15) is 4.79 Å². The zero-order valence-corrected chi connectivity index (χ0v) is 9.34. The van der Waals surface area contributed by atoms with Crippen LogP contribution in [0.4, 0.5) is 0 Å². The first-order valence-corrected chi connectivity index (χ1v) is 5.90. The van der Waals surface area contributed by atoms with Gasteiger partial charge in [-0.25, -0.2) is 5.84 Å². The van der Waals surface area contributed by atoms with Crippen molar-refractivity contribution in [1.29, 1.82) is 0 Å². The van der Waals surface area contributed by atoms with Crippen molar-refractivity contribution in [2.45, 2.75) is 44.9 Å². The summed E-state index contributed by atoms with van der Waals surface area (Å²) in [5.41, 5.74) is 2.13. The highest BCUT2D eigenvalue weighted by Gasteiger charge is 2.20. The standard InChI is InChI=1S/C11H22N2O2/c12-13-11(14)4-2-1-3-8-15-9-7-10-5-6-10/h10H,1-9,12H2,(H,13,14). The van der Waals surface area contributed by atoms with Gasteiger partial charge in [0, 0.05) is 19.6 Å². The van der Waals surface area contributed by atoms with Crippen LogP contribution in [-0.2, 0) is 9.53 Å². The van der Waals surface area contributed by atoms with E-state index in [-0.39, 0.29) is 5.91 Å². The smallest absolute Gasteiger partial charge is 0.233 e. The van der Waals surface area contributed by atoms with E-state index in [4.69, 9.17) is 10.6 Å². The van der Waals surface area contributed by atoms with Crippen molar-refractivity contribution in [2.24, 2.45) is 11.8 Å². The molecule has 0 unspecified atom stereocenters. The Morgan fingerprint density at radius 1 is 1.27 bits per heavy atom. The summed E-state index contributed by atoms with van der Waals surface area (Å²) in [6.45, 7) is 1.74. The maximum absolute atomic E-state index is 10.8. The number of carbonyl (C=O) groups excluding carboxylic acids is 1. The molecule has 0 aromatic carbocycles. The van der Waals surface area contributed by atoms with Crippen molar-refractivity contribution in [3.63, 3.8) is 0 Å². The van der Waals surface area contributed by atoms with E-state index in [0.717, 1.165) is 38.4 Å². The van der Waals surface area contributed by atoms with Gasteiger partial charge in [0.25, 0.3) is 0 Å². The highest BCUT2D eigenvalue weighted by atomic mass is 16.5. The molecule has 4 nitrogen and oxygen atoms in total. The number of nitrogens with one attached hydrogen (secondary N) is 1. The zero-order valence-electron chi connectivity index (χ0n) is 9.34. The van der Waals surface area contributed by atoms with Gasteiger partial charge in [-0.05, 0) is 25.2 Å². The second kappa shape index (κ2) is 7.65. The molecule has 1 saturated carbocycles.